The van der Waals surface area contributed by atoms with Crippen molar-refractivity contribution in [1.82, 2.24) is 9.55 Å². The van der Waals surface area contributed by atoms with Gasteiger partial charge in [-0.15, -0.1) is 0 Å². The van der Waals surface area contributed by atoms with Crippen molar-refractivity contribution < 1.29 is 4.74 Å². The van der Waals surface area contributed by atoms with Crippen LogP contribution in [0.4, 0.5) is 5.69 Å². The van der Waals surface area contributed by atoms with Crippen molar-refractivity contribution in [3.8, 4) is 5.75 Å². The van der Waals surface area contributed by atoms with Crippen LogP contribution in [0.3, 0.4) is 0 Å². The first-order valence-corrected chi connectivity index (χ1v) is 9.56. The molecule has 0 aliphatic rings. The summed E-state index contributed by atoms with van der Waals surface area (Å²) < 4.78 is 7.40. The number of halogens is 1. The molecule has 3 rings (SSSR count). The number of hydrogen-bond donors (Lipinski definition) is 1. The van der Waals surface area contributed by atoms with Crippen molar-refractivity contribution in [3.05, 3.63) is 63.7 Å². The largest absolute Gasteiger partial charge is 0.491 e. The van der Waals surface area contributed by atoms with Gasteiger partial charge in [0.15, 0.2) is 5.75 Å². The van der Waals surface area contributed by atoms with Crippen LogP contribution < -0.4 is 15.5 Å². The van der Waals surface area contributed by atoms with Gasteiger partial charge in [-0.05, 0) is 43.5 Å². The molecule has 1 N–H and O–H groups in total. The second-order valence-corrected chi connectivity index (χ2v) is 6.80. The number of fused-ring (bicyclic) bond motifs is 1. The van der Waals surface area contributed by atoms with Gasteiger partial charge in [-0.3, -0.25) is 9.78 Å². The standard InChI is InChI=1S/C21H24ClN3O2/c1-3-19-21(27-2)20(26)9-13-25(19)12-5-4-10-23-17-8-11-24-18-14-15(22)6-7-16(17)18/h6-9,11,13-14H,3-5,10,12H2,1-2H3,(H,23,24). The van der Waals surface area contributed by atoms with E-state index in [-0.39, 0.29) is 5.43 Å². The summed E-state index contributed by atoms with van der Waals surface area (Å²) in [5, 5.41) is 5.25. The van der Waals surface area contributed by atoms with Gasteiger partial charge in [-0.1, -0.05) is 18.5 Å². The summed E-state index contributed by atoms with van der Waals surface area (Å²) in [7, 11) is 1.55. The van der Waals surface area contributed by atoms with Gasteiger partial charge in [0.1, 0.15) is 0 Å². The van der Waals surface area contributed by atoms with Crippen LogP contribution in [-0.4, -0.2) is 23.2 Å². The Labute approximate surface area is 164 Å². The number of aryl methyl sites for hydroxylation is 1. The lowest BCUT2D eigenvalue weighted by atomic mass is 10.2. The molecule has 142 valence electrons. The zero-order chi connectivity index (χ0) is 19.2. The Kier molecular flexibility index (Phi) is 6.35. The number of ether oxygens (including phenoxy) is 1. The summed E-state index contributed by atoms with van der Waals surface area (Å²) in [4.78, 5) is 16.2. The molecule has 0 unspecified atom stereocenters. The molecule has 0 saturated carbocycles. The van der Waals surface area contributed by atoms with Crippen LogP contribution in [0, 0.1) is 0 Å². The van der Waals surface area contributed by atoms with Crippen molar-refractivity contribution in [2.75, 3.05) is 19.0 Å². The van der Waals surface area contributed by atoms with E-state index in [4.69, 9.17) is 16.3 Å². The molecule has 3 aromatic rings. The fourth-order valence-corrected chi connectivity index (χ4v) is 3.46. The maximum atomic E-state index is 11.9. The van der Waals surface area contributed by atoms with Crippen molar-refractivity contribution >= 4 is 28.2 Å². The number of rotatable bonds is 8. The van der Waals surface area contributed by atoms with Crippen LogP contribution in [0.1, 0.15) is 25.5 Å². The highest BCUT2D eigenvalue weighted by Crippen LogP contribution is 2.24. The summed E-state index contributed by atoms with van der Waals surface area (Å²) in [6, 6.07) is 9.31. The van der Waals surface area contributed by atoms with Gasteiger partial charge in [0.25, 0.3) is 0 Å². The number of unbranched alkanes of at least 4 members (excludes halogenated alkanes) is 1. The maximum absolute atomic E-state index is 11.9. The minimum absolute atomic E-state index is 0.0584. The number of nitrogens with zero attached hydrogens (tertiary/aromatic N) is 2. The molecule has 0 bridgehead atoms. The summed E-state index contributed by atoms with van der Waals surface area (Å²) in [6.07, 6.45) is 6.43. The molecule has 0 aliphatic heterocycles. The molecule has 0 atom stereocenters. The van der Waals surface area contributed by atoms with E-state index in [2.05, 4.69) is 14.9 Å². The van der Waals surface area contributed by atoms with E-state index in [1.54, 1.807) is 19.4 Å². The number of aromatic nitrogens is 2. The Morgan fingerprint density at radius 1 is 1.22 bits per heavy atom. The second-order valence-electron chi connectivity index (χ2n) is 6.36. The zero-order valence-corrected chi connectivity index (χ0v) is 16.4. The highest BCUT2D eigenvalue weighted by Gasteiger charge is 2.09. The normalized spacial score (nSPS) is 10.9. The minimum atomic E-state index is -0.0584. The molecule has 0 amide bonds. The molecular weight excluding hydrogens is 362 g/mol. The first kappa shape index (κ1) is 19.2. The SMILES string of the molecule is CCc1c(OC)c(=O)ccn1CCCCNc1ccnc2cc(Cl)ccc12. The van der Waals surface area contributed by atoms with Crippen LogP contribution in [0.25, 0.3) is 10.9 Å². The lowest BCUT2D eigenvalue weighted by molar-refractivity contribution is 0.396. The second kappa shape index (κ2) is 8.91. The van der Waals surface area contributed by atoms with Gasteiger partial charge in [-0.2, -0.15) is 0 Å². The number of hydrogen-bond acceptors (Lipinski definition) is 4. The third kappa shape index (κ3) is 4.42. The molecule has 0 aliphatic carbocycles. The first-order valence-electron chi connectivity index (χ1n) is 9.18. The summed E-state index contributed by atoms with van der Waals surface area (Å²) in [5.41, 5.74) is 2.85. The Balaban J connectivity index is 1.58. The highest BCUT2D eigenvalue weighted by molar-refractivity contribution is 6.31. The van der Waals surface area contributed by atoms with E-state index in [0.29, 0.717) is 10.8 Å². The Hall–Kier alpha value is -2.53. The number of methoxy groups -OCH3 is 1. The zero-order valence-electron chi connectivity index (χ0n) is 15.7. The summed E-state index contributed by atoms with van der Waals surface area (Å²) in [6.45, 7) is 3.75. The molecule has 0 saturated heterocycles. The van der Waals surface area contributed by atoms with Gasteiger partial charge < -0.3 is 14.6 Å². The van der Waals surface area contributed by atoms with E-state index in [0.717, 1.165) is 54.6 Å². The van der Waals surface area contributed by atoms with Crippen molar-refractivity contribution in [3.63, 3.8) is 0 Å². The van der Waals surface area contributed by atoms with E-state index in [1.807, 2.05) is 37.4 Å². The average Bonchev–Trinajstić information content (AvgIpc) is 2.68. The third-order valence-electron chi connectivity index (χ3n) is 4.62. The fourth-order valence-electron chi connectivity index (χ4n) is 3.29. The third-order valence-corrected chi connectivity index (χ3v) is 4.86. The van der Waals surface area contributed by atoms with Crippen LogP contribution in [0.15, 0.2) is 47.5 Å². The molecule has 0 spiro atoms. The van der Waals surface area contributed by atoms with Gasteiger partial charge in [0, 0.05) is 47.6 Å². The molecule has 5 nitrogen and oxygen atoms in total. The fraction of sp³-hybridized carbons (Fsp3) is 0.333. The van der Waals surface area contributed by atoms with Crippen LogP contribution in [0.5, 0.6) is 5.75 Å². The smallest absolute Gasteiger partial charge is 0.223 e. The van der Waals surface area contributed by atoms with Crippen LogP contribution in [0.2, 0.25) is 5.02 Å². The molecule has 1 aromatic carbocycles. The number of nitrogens with one attached hydrogen (secondary N) is 1. The maximum Gasteiger partial charge on any atom is 0.223 e. The lowest BCUT2D eigenvalue weighted by Crippen LogP contribution is -2.15. The van der Waals surface area contributed by atoms with Gasteiger partial charge in [-0.25, -0.2) is 0 Å². The molecule has 0 fully saturated rings. The quantitative estimate of drug-likeness (QED) is 0.579. The molecule has 27 heavy (non-hydrogen) atoms. The van der Waals surface area contributed by atoms with Crippen molar-refractivity contribution in [1.29, 1.82) is 0 Å². The predicted molar refractivity (Wildman–Crippen MR) is 111 cm³/mol. The molecule has 6 heteroatoms. The minimum Gasteiger partial charge on any atom is -0.491 e. The van der Waals surface area contributed by atoms with Gasteiger partial charge >= 0.3 is 0 Å². The van der Waals surface area contributed by atoms with E-state index >= 15 is 0 Å². The number of anilines is 1. The first-order chi connectivity index (χ1) is 13.1. The van der Waals surface area contributed by atoms with Crippen LogP contribution in [-0.2, 0) is 13.0 Å². The van der Waals surface area contributed by atoms with Gasteiger partial charge in [0.2, 0.25) is 5.43 Å². The number of benzene rings is 1. The van der Waals surface area contributed by atoms with Gasteiger partial charge in [0.05, 0.1) is 18.3 Å². The van der Waals surface area contributed by atoms with Crippen LogP contribution >= 0.6 is 11.6 Å². The predicted octanol–water partition coefficient (Wildman–Crippen LogP) is 4.51. The van der Waals surface area contributed by atoms with E-state index in [9.17, 15) is 4.79 Å². The molecule has 2 aromatic heterocycles. The summed E-state index contributed by atoms with van der Waals surface area (Å²) in [5.74, 6) is 0.458. The Morgan fingerprint density at radius 2 is 2.07 bits per heavy atom. The number of pyridine rings is 2. The monoisotopic (exact) mass is 385 g/mol. The lowest BCUT2D eigenvalue weighted by Gasteiger charge is -2.15. The Morgan fingerprint density at radius 3 is 2.85 bits per heavy atom. The molecule has 2 heterocycles. The van der Waals surface area contributed by atoms with E-state index in [1.165, 1.54) is 0 Å². The van der Waals surface area contributed by atoms with E-state index < -0.39 is 0 Å². The average molecular weight is 386 g/mol. The Bertz CT molecular complexity index is 985. The summed E-state index contributed by atoms with van der Waals surface area (Å²) >= 11 is 6.04. The molecular formula is C21H24ClN3O2. The van der Waals surface area contributed by atoms with Crippen molar-refractivity contribution in [2.45, 2.75) is 32.7 Å². The highest BCUT2D eigenvalue weighted by atomic mass is 35.5. The molecule has 0 radical (unpaired) electrons. The topological polar surface area (TPSA) is 56.1 Å². The van der Waals surface area contributed by atoms with Crippen molar-refractivity contribution in [2.24, 2.45) is 0 Å².